The number of carbonyl (C=O) groups excluding carboxylic acids is 2. The number of urea groups is 1. The molecule has 0 saturated heterocycles. The van der Waals surface area contributed by atoms with Crippen molar-refractivity contribution >= 4 is 11.9 Å². The molecule has 7 heteroatoms. The molecule has 1 aliphatic rings. The first kappa shape index (κ1) is 16.1. The molecular weight excluding hydrogens is 284 g/mol. The second-order valence-electron chi connectivity index (χ2n) is 5.25. The number of hydrogen-bond donors (Lipinski definition) is 3. The van der Waals surface area contributed by atoms with Crippen molar-refractivity contribution in [2.75, 3.05) is 26.7 Å². The molecule has 0 bridgehead atoms. The first-order valence-corrected chi connectivity index (χ1v) is 7.30. The van der Waals surface area contributed by atoms with Crippen LogP contribution in [-0.2, 0) is 4.79 Å². The molecule has 7 nitrogen and oxygen atoms in total. The van der Waals surface area contributed by atoms with E-state index in [2.05, 4.69) is 15.5 Å². The van der Waals surface area contributed by atoms with Gasteiger partial charge in [0.15, 0.2) is 0 Å². The second-order valence-corrected chi connectivity index (χ2v) is 5.25. The SMILES string of the molecule is CCN(C)CCNC(=O)NC1c2ccccc2OC1C(N)=O. The van der Waals surface area contributed by atoms with Crippen LogP contribution in [0.15, 0.2) is 24.3 Å². The summed E-state index contributed by atoms with van der Waals surface area (Å²) in [4.78, 5) is 25.6. The van der Waals surface area contributed by atoms with Gasteiger partial charge in [0.25, 0.3) is 5.91 Å². The van der Waals surface area contributed by atoms with Crippen molar-refractivity contribution < 1.29 is 14.3 Å². The van der Waals surface area contributed by atoms with Crippen LogP contribution in [0.5, 0.6) is 5.75 Å². The highest BCUT2D eigenvalue weighted by molar-refractivity contribution is 5.83. The number of likely N-dealkylation sites (N-methyl/N-ethyl adjacent to an activating group) is 1. The molecule has 0 fully saturated rings. The summed E-state index contributed by atoms with van der Waals surface area (Å²) in [6.07, 6.45) is -0.888. The molecule has 120 valence electrons. The van der Waals surface area contributed by atoms with Crippen LogP contribution in [0.3, 0.4) is 0 Å². The highest BCUT2D eigenvalue weighted by Gasteiger charge is 2.38. The summed E-state index contributed by atoms with van der Waals surface area (Å²) in [6, 6.07) is 6.28. The fourth-order valence-corrected chi connectivity index (χ4v) is 2.30. The summed E-state index contributed by atoms with van der Waals surface area (Å²) in [5, 5.41) is 5.53. The number of primary amides is 1. The molecule has 22 heavy (non-hydrogen) atoms. The van der Waals surface area contributed by atoms with Gasteiger partial charge in [-0.3, -0.25) is 4.79 Å². The summed E-state index contributed by atoms with van der Waals surface area (Å²) < 4.78 is 5.52. The van der Waals surface area contributed by atoms with E-state index >= 15 is 0 Å². The van der Waals surface area contributed by atoms with Gasteiger partial charge in [0.05, 0.1) is 0 Å². The number of carbonyl (C=O) groups is 2. The molecule has 2 atom stereocenters. The summed E-state index contributed by atoms with van der Waals surface area (Å²) in [7, 11) is 1.98. The van der Waals surface area contributed by atoms with Gasteiger partial charge in [0, 0.05) is 18.7 Å². The minimum atomic E-state index is -0.888. The lowest BCUT2D eigenvalue weighted by atomic mass is 10.0. The Hall–Kier alpha value is -2.28. The van der Waals surface area contributed by atoms with Gasteiger partial charge in [0.1, 0.15) is 11.8 Å². The molecule has 2 rings (SSSR count). The van der Waals surface area contributed by atoms with Gasteiger partial charge in [-0.1, -0.05) is 25.1 Å². The predicted molar refractivity (Wildman–Crippen MR) is 82.5 cm³/mol. The normalized spacial score (nSPS) is 19.4. The summed E-state index contributed by atoms with van der Waals surface area (Å²) >= 11 is 0. The van der Waals surface area contributed by atoms with E-state index in [1.165, 1.54) is 0 Å². The Morgan fingerprint density at radius 1 is 1.36 bits per heavy atom. The number of nitrogens with zero attached hydrogens (tertiary/aromatic N) is 1. The maximum absolute atomic E-state index is 12.0. The van der Waals surface area contributed by atoms with Gasteiger partial charge in [-0.15, -0.1) is 0 Å². The van der Waals surface area contributed by atoms with Crippen molar-refractivity contribution in [3.05, 3.63) is 29.8 Å². The number of nitrogens with two attached hydrogens (primary N) is 1. The second kappa shape index (κ2) is 7.13. The number of rotatable bonds is 6. The van der Waals surface area contributed by atoms with Crippen LogP contribution in [0.4, 0.5) is 4.79 Å². The Kier molecular flexibility index (Phi) is 5.21. The highest BCUT2D eigenvalue weighted by atomic mass is 16.5. The van der Waals surface area contributed by atoms with Crippen LogP contribution < -0.4 is 21.1 Å². The van der Waals surface area contributed by atoms with E-state index in [-0.39, 0.29) is 6.03 Å². The van der Waals surface area contributed by atoms with E-state index in [9.17, 15) is 9.59 Å². The Bertz CT molecular complexity index is 549. The molecule has 1 aliphatic heterocycles. The van der Waals surface area contributed by atoms with Crippen LogP contribution in [0.2, 0.25) is 0 Å². The molecule has 2 unspecified atom stereocenters. The Labute approximate surface area is 129 Å². The molecule has 1 aromatic carbocycles. The first-order valence-electron chi connectivity index (χ1n) is 7.30. The monoisotopic (exact) mass is 306 g/mol. The molecule has 3 amide bonds. The number of para-hydroxylation sites is 1. The number of benzene rings is 1. The average Bonchev–Trinajstić information content (AvgIpc) is 2.86. The van der Waals surface area contributed by atoms with Crippen molar-refractivity contribution in [1.82, 2.24) is 15.5 Å². The van der Waals surface area contributed by atoms with Crippen molar-refractivity contribution in [1.29, 1.82) is 0 Å². The maximum atomic E-state index is 12.0. The van der Waals surface area contributed by atoms with Crippen molar-refractivity contribution in [2.45, 2.75) is 19.1 Å². The summed E-state index contributed by atoms with van der Waals surface area (Å²) in [6.45, 7) is 4.23. The third-order valence-corrected chi connectivity index (χ3v) is 3.70. The number of amides is 3. The summed E-state index contributed by atoms with van der Waals surface area (Å²) in [5.41, 5.74) is 6.12. The molecule has 0 radical (unpaired) electrons. The third-order valence-electron chi connectivity index (χ3n) is 3.70. The minimum Gasteiger partial charge on any atom is -0.478 e. The molecule has 1 heterocycles. The van der Waals surface area contributed by atoms with E-state index in [1.807, 2.05) is 26.1 Å². The van der Waals surface area contributed by atoms with E-state index in [4.69, 9.17) is 10.5 Å². The van der Waals surface area contributed by atoms with Gasteiger partial charge in [-0.05, 0) is 19.7 Å². The molecule has 0 saturated carbocycles. The zero-order valence-corrected chi connectivity index (χ0v) is 12.8. The van der Waals surface area contributed by atoms with E-state index in [0.29, 0.717) is 12.3 Å². The molecule has 0 spiro atoms. The smallest absolute Gasteiger partial charge is 0.315 e. The number of fused-ring (bicyclic) bond motifs is 1. The van der Waals surface area contributed by atoms with E-state index in [1.54, 1.807) is 12.1 Å². The lowest BCUT2D eigenvalue weighted by molar-refractivity contribution is -0.124. The number of hydrogen-bond acceptors (Lipinski definition) is 4. The number of nitrogens with one attached hydrogen (secondary N) is 2. The van der Waals surface area contributed by atoms with Gasteiger partial charge in [-0.2, -0.15) is 0 Å². The van der Waals surface area contributed by atoms with Gasteiger partial charge >= 0.3 is 6.03 Å². The fraction of sp³-hybridized carbons (Fsp3) is 0.467. The first-order chi connectivity index (χ1) is 10.5. The Morgan fingerprint density at radius 2 is 2.09 bits per heavy atom. The van der Waals surface area contributed by atoms with Crippen molar-refractivity contribution in [2.24, 2.45) is 5.73 Å². The Morgan fingerprint density at radius 3 is 2.77 bits per heavy atom. The lowest BCUT2D eigenvalue weighted by Crippen LogP contribution is -2.47. The van der Waals surface area contributed by atoms with Crippen LogP contribution in [0.25, 0.3) is 0 Å². The fourth-order valence-electron chi connectivity index (χ4n) is 2.30. The third kappa shape index (κ3) is 3.67. The molecule has 4 N–H and O–H groups in total. The zero-order valence-electron chi connectivity index (χ0n) is 12.8. The standard InChI is InChI=1S/C15H22N4O3/c1-3-19(2)9-8-17-15(21)18-12-10-6-4-5-7-11(10)22-13(12)14(16)20/h4-7,12-13H,3,8-9H2,1-2H3,(H2,16,20)(H2,17,18,21). The van der Waals surface area contributed by atoms with Gasteiger partial charge in [0.2, 0.25) is 6.10 Å². The lowest BCUT2D eigenvalue weighted by Gasteiger charge is -2.19. The molecule has 1 aromatic rings. The topological polar surface area (TPSA) is 96.7 Å². The van der Waals surface area contributed by atoms with E-state index in [0.717, 1.165) is 18.7 Å². The average molecular weight is 306 g/mol. The molecular formula is C15H22N4O3. The van der Waals surface area contributed by atoms with E-state index < -0.39 is 18.1 Å². The predicted octanol–water partition coefficient (Wildman–Crippen LogP) is 0.225. The van der Waals surface area contributed by atoms with Crippen molar-refractivity contribution in [3.8, 4) is 5.75 Å². The minimum absolute atomic E-state index is 0.346. The highest BCUT2D eigenvalue weighted by Crippen LogP contribution is 2.36. The van der Waals surface area contributed by atoms with Crippen LogP contribution in [0, 0.1) is 0 Å². The summed E-state index contributed by atoms with van der Waals surface area (Å²) in [5.74, 6) is -0.0328. The Balaban J connectivity index is 1.97. The van der Waals surface area contributed by atoms with Crippen LogP contribution in [-0.4, -0.2) is 49.6 Å². The number of ether oxygens (including phenoxy) is 1. The van der Waals surface area contributed by atoms with Gasteiger partial charge < -0.3 is 26.0 Å². The molecule has 0 aliphatic carbocycles. The zero-order chi connectivity index (χ0) is 16.1. The largest absolute Gasteiger partial charge is 0.478 e. The van der Waals surface area contributed by atoms with Crippen molar-refractivity contribution in [3.63, 3.8) is 0 Å². The maximum Gasteiger partial charge on any atom is 0.315 e. The van der Waals surface area contributed by atoms with Gasteiger partial charge in [-0.25, -0.2) is 4.79 Å². The van der Waals surface area contributed by atoms with Crippen LogP contribution in [0.1, 0.15) is 18.5 Å². The molecule has 0 aromatic heterocycles. The van der Waals surface area contributed by atoms with Crippen LogP contribution >= 0.6 is 0 Å². The quantitative estimate of drug-likeness (QED) is 0.700.